The first-order valence-electron chi connectivity index (χ1n) is 13.4. The molecule has 0 bridgehead atoms. The van der Waals surface area contributed by atoms with Gasteiger partial charge in [-0.2, -0.15) is 18.4 Å². The van der Waals surface area contributed by atoms with Crippen molar-refractivity contribution in [2.45, 2.75) is 39.0 Å². The van der Waals surface area contributed by atoms with E-state index in [1.54, 1.807) is 25.1 Å². The van der Waals surface area contributed by atoms with Gasteiger partial charge in [0.15, 0.2) is 18.9 Å². The number of carbonyl (C=O) groups excluding carboxylic acids is 2. The predicted molar refractivity (Wildman–Crippen MR) is 152 cm³/mol. The minimum absolute atomic E-state index is 0.00199. The van der Waals surface area contributed by atoms with E-state index in [1.165, 1.54) is 28.7 Å². The van der Waals surface area contributed by atoms with Gasteiger partial charge in [0.2, 0.25) is 5.95 Å². The molecule has 0 radical (unpaired) electrons. The number of fused-ring (bicyclic) bond motifs is 1. The number of rotatable bonds is 6. The average Bonchev–Trinajstić information content (AvgIpc) is 3.39. The van der Waals surface area contributed by atoms with Gasteiger partial charge in [0, 0.05) is 35.9 Å². The summed E-state index contributed by atoms with van der Waals surface area (Å²) in [5, 5.41) is 24.4. The Morgan fingerprint density at radius 2 is 1.93 bits per heavy atom. The summed E-state index contributed by atoms with van der Waals surface area (Å²) in [7, 11) is 1.19. The van der Waals surface area contributed by atoms with Crippen LogP contribution >= 0.6 is 0 Å². The third-order valence-electron chi connectivity index (χ3n) is 7.19. The first-order valence-corrected chi connectivity index (χ1v) is 13.4. The van der Waals surface area contributed by atoms with Crippen molar-refractivity contribution in [2.24, 2.45) is 0 Å². The van der Waals surface area contributed by atoms with Crippen LogP contribution in [-0.2, 0) is 33.5 Å². The van der Waals surface area contributed by atoms with E-state index in [2.05, 4.69) is 16.3 Å². The summed E-state index contributed by atoms with van der Waals surface area (Å²) in [6.07, 6.45) is -0.279. The first-order chi connectivity index (χ1) is 21.4. The highest BCUT2D eigenvalue weighted by Crippen LogP contribution is 2.43. The summed E-state index contributed by atoms with van der Waals surface area (Å²) in [4.78, 5) is 36.2. The maximum Gasteiger partial charge on any atom is 0.416 e. The number of carboxylic acid groups (broad SMARTS) is 1. The lowest BCUT2D eigenvalue weighted by Crippen LogP contribution is -2.38. The molecule has 3 heterocycles. The third kappa shape index (κ3) is 6.62. The minimum Gasteiger partial charge on any atom is -0.554 e. The van der Waals surface area contributed by atoms with Crippen LogP contribution in [0.4, 0.5) is 24.8 Å². The summed E-state index contributed by atoms with van der Waals surface area (Å²) in [5.74, 6) is -0.769. The largest absolute Gasteiger partial charge is 0.554 e. The van der Waals surface area contributed by atoms with Crippen molar-refractivity contribution in [3.05, 3.63) is 117 Å². The van der Waals surface area contributed by atoms with Crippen LogP contribution in [0, 0.1) is 18.3 Å². The standard InChI is InChI=1S/C30H25F3N6O3.CH2O2/c1-18-6-5-12-37(17-18)13-11-21-14-20(16-34)9-10-24(21)26-25(27(40)42-3)19(2)38(28-35-36-29(41)39(26)28)23-8-4-7-22(15-23)30(31,32)33;2-1-3/h4-10,12,14-15,17,26H,11,13H2,1-3H3;1H,(H,2,3). The second-order valence-corrected chi connectivity index (χ2v) is 9.97. The fraction of sp³-hybridized carbons (Fsp3) is 0.226. The molecule has 0 saturated carbocycles. The maximum absolute atomic E-state index is 13.6. The highest BCUT2D eigenvalue weighted by Gasteiger charge is 2.41. The van der Waals surface area contributed by atoms with Crippen molar-refractivity contribution in [1.29, 1.82) is 5.26 Å². The van der Waals surface area contributed by atoms with Crippen LogP contribution in [0.1, 0.15) is 40.8 Å². The summed E-state index contributed by atoms with van der Waals surface area (Å²) < 4.78 is 49.1. The Balaban J connectivity index is 0.00000148. The number of ether oxygens (including phenoxy) is 1. The van der Waals surface area contributed by atoms with Crippen LogP contribution in [0.5, 0.6) is 0 Å². The lowest BCUT2D eigenvalue weighted by Gasteiger charge is -2.36. The average molecular weight is 621 g/mol. The molecule has 1 aliphatic heterocycles. The van der Waals surface area contributed by atoms with Crippen molar-refractivity contribution in [1.82, 2.24) is 14.8 Å². The van der Waals surface area contributed by atoms with Crippen molar-refractivity contribution in [3.8, 4) is 6.07 Å². The Morgan fingerprint density at radius 1 is 1.20 bits per heavy atom. The molecule has 11 nitrogen and oxygen atoms in total. The molecule has 4 aromatic rings. The van der Waals surface area contributed by atoms with Gasteiger partial charge in [-0.3, -0.25) is 4.90 Å². The van der Waals surface area contributed by atoms with Gasteiger partial charge in [-0.15, -0.1) is 5.10 Å². The summed E-state index contributed by atoms with van der Waals surface area (Å²) >= 11 is 0. The molecule has 45 heavy (non-hydrogen) atoms. The van der Waals surface area contributed by atoms with Gasteiger partial charge in [0.25, 0.3) is 0 Å². The molecule has 0 aliphatic carbocycles. The highest BCUT2D eigenvalue weighted by atomic mass is 19.4. The number of hydrogen-bond acceptors (Lipinski definition) is 8. The summed E-state index contributed by atoms with van der Waals surface area (Å²) in [5.41, 5.74) is 1.46. The molecular weight excluding hydrogens is 593 g/mol. The zero-order valence-electron chi connectivity index (χ0n) is 24.3. The van der Waals surface area contributed by atoms with Crippen LogP contribution in [0.25, 0.3) is 0 Å². The number of methoxy groups -OCH3 is 1. The number of allylic oxidation sites excluding steroid dienone is 1. The second kappa shape index (κ2) is 13.3. The van der Waals surface area contributed by atoms with Gasteiger partial charge >= 0.3 is 17.8 Å². The molecule has 1 unspecified atom stereocenters. The van der Waals surface area contributed by atoms with E-state index in [9.17, 15) is 28.0 Å². The SMILES string of the molecule is COC(=O)C1=C(C)N(c2cccc(C(F)(F)F)c2)c2n[nH]c(=O)n2C1c1ccc(C#N)cc1CC[n+]1cccc(C)c1.O=C[O-]. The van der Waals surface area contributed by atoms with Crippen LogP contribution in [0.3, 0.4) is 0 Å². The quantitative estimate of drug-likeness (QED) is 0.197. The zero-order chi connectivity index (χ0) is 32.9. The molecule has 5 rings (SSSR count). The molecule has 1 atom stereocenters. The monoisotopic (exact) mass is 620 g/mol. The van der Waals surface area contributed by atoms with Crippen LogP contribution in [0.15, 0.2) is 83.1 Å². The number of aromatic amines is 1. The molecule has 1 N–H and O–H groups in total. The summed E-state index contributed by atoms with van der Waals surface area (Å²) in [6, 6.07) is 14.5. The Bertz CT molecular complexity index is 1870. The summed E-state index contributed by atoms with van der Waals surface area (Å²) in [6.45, 7) is 3.57. The number of halogens is 3. The van der Waals surface area contributed by atoms with Gasteiger partial charge < -0.3 is 14.6 Å². The molecule has 0 amide bonds. The molecule has 2 aromatic heterocycles. The van der Waals surface area contributed by atoms with E-state index in [-0.39, 0.29) is 22.9 Å². The van der Waals surface area contributed by atoms with Gasteiger partial charge in [-0.05, 0) is 61.4 Å². The normalized spacial score (nSPS) is 14.2. The zero-order valence-corrected chi connectivity index (χ0v) is 24.3. The number of hydrogen-bond donors (Lipinski definition) is 1. The Kier molecular flexibility index (Phi) is 9.51. The number of aryl methyl sites for hydroxylation is 3. The van der Waals surface area contributed by atoms with E-state index in [4.69, 9.17) is 14.6 Å². The van der Waals surface area contributed by atoms with Crippen molar-refractivity contribution in [2.75, 3.05) is 12.0 Å². The fourth-order valence-electron chi connectivity index (χ4n) is 5.28. The van der Waals surface area contributed by atoms with Gasteiger partial charge in [-0.25, -0.2) is 23.8 Å². The van der Waals surface area contributed by atoms with E-state index >= 15 is 0 Å². The molecule has 0 spiro atoms. The van der Waals surface area contributed by atoms with E-state index in [0.717, 1.165) is 17.7 Å². The van der Waals surface area contributed by atoms with Crippen molar-refractivity contribution in [3.63, 3.8) is 0 Å². The number of H-pyrrole nitrogens is 1. The number of aromatic nitrogens is 4. The number of nitrogens with one attached hydrogen (secondary N) is 1. The molecule has 232 valence electrons. The highest BCUT2D eigenvalue weighted by molar-refractivity contribution is 5.93. The Morgan fingerprint density at radius 3 is 2.58 bits per heavy atom. The molecule has 1 aliphatic rings. The van der Waals surface area contributed by atoms with Gasteiger partial charge in [-0.1, -0.05) is 12.1 Å². The van der Waals surface area contributed by atoms with E-state index in [0.29, 0.717) is 29.7 Å². The minimum atomic E-state index is -4.62. The molecule has 0 saturated heterocycles. The topological polar surface area (TPSA) is 148 Å². The number of nitriles is 1. The Labute approximate surface area is 255 Å². The lowest BCUT2D eigenvalue weighted by atomic mass is 9.89. The fourth-order valence-corrected chi connectivity index (χ4v) is 5.28. The van der Waals surface area contributed by atoms with Crippen LogP contribution < -0.4 is 20.3 Å². The number of anilines is 2. The molecular formula is C31H27F3N6O5. The number of nitrogens with zero attached hydrogens (tertiary/aromatic N) is 5. The number of benzene rings is 2. The van der Waals surface area contributed by atoms with E-state index < -0.39 is 35.9 Å². The number of alkyl halides is 3. The van der Waals surface area contributed by atoms with Crippen LogP contribution in [0.2, 0.25) is 0 Å². The molecule has 0 fully saturated rings. The van der Waals surface area contributed by atoms with Crippen molar-refractivity contribution < 1.29 is 37.2 Å². The number of pyridine rings is 1. The Hall–Kier alpha value is -5.71. The predicted octanol–water partition coefficient (Wildman–Crippen LogP) is 2.85. The first kappa shape index (κ1) is 32.2. The van der Waals surface area contributed by atoms with Gasteiger partial charge in [0.1, 0.15) is 6.04 Å². The second-order valence-electron chi connectivity index (χ2n) is 9.97. The molecule has 14 heteroatoms. The smallest absolute Gasteiger partial charge is 0.416 e. The van der Waals surface area contributed by atoms with E-state index in [1.807, 2.05) is 36.0 Å². The number of carbonyl (C=O) groups is 2. The maximum atomic E-state index is 13.6. The van der Waals surface area contributed by atoms with Crippen LogP contribution in [-0.4, -0.2) is 34.3 Å². The van der Waals surface area contributed by atoms with Gasteiger partial charge in [0.05, 0.1) is 29.9 Å². The van der Waals surface area contributed by atoms with Crippen molar-refractivity contribution >= 4 is 24.1 Å². The third-order valence-corrected chi connectivity index (χ3v) is 7.19. The lowest BCUT2D eigenvalue weighted by molar-refractivity contribution is -0.696. The number of esters is 1. The molecule has 2 aromatic carbocycles.